The second kappa shape index (κ2) is 6.01. The van der Waals surface area contributed by atoms with E-state index in [0.29, 0.717) is 13.1 Å². The Morgan fingerprint density at radius 1 is 1.67 bits per heavy atom. The van der Waals surface area contributed by atoms with Crippen LogP contribution in [0.25, 0.3) is 0 Å². The first kappa shape index (κ1) is 13.1. The van der Waals surface area contributed by atoms with Gasteiger partial charge in [0.1, 0.15) is 0 Å². The molecule has 1 fully saturated rings. The summed E-state index contributed by atoms with van der Waals surface area (Å²) in [6.07, 6.45) is 1.08. The van der Waals surface area contributed by atoms with Gasteiger partial charge in [-0.3, -0.25) is 4.79 Å². The molecule has 1 aromatic heterocycles. The van der Waals surface area contributed by atoms with Gasteiger partial charge in [0.15, 0.2) is 0 Å². The fourth-order valence-electron chi connectivity index (χ4n) is 1.92. The molecule has 4 nitrogen and oxygen atoms in total. The van der Waals surface area contributed by atoms with Gasteiger partial charge in [-0.25, -0.2) is 0 Å². The summed E-state index contributed by atoms with van der Waals surface area (Å²) in [5.74, 6) is 5.79. The van der Waals surface area contributed by atoms with Crippen LogP contribution in [0.5, 0.6) is 0 Å². The molecule has 0 saturated carbocycles. The maximum atomic E-state index is 12.2. The molecule has 5 heteroatoms. The van der Waals surface area contributed by atoms with Gasteiger partial charge < -0.3 is 15.4 Å². The summed E-state index contributed by atoms with van der Waals surface area (Å²) < 4.78 is 5.26. The van der Waals surface area contributed by atoms with Crippen LogP contribution in [0.4, 0.5) is 0 Å². The molecule has 18 heavy (non-hydrogen) atoms. The van der Waals surface area contributed by atoms with E-state index >= 15 is 0 Å². The van der Waals surface area contributed by atoms with Crippen LogP contribution >= 0.6 is 11.3 Å². The van der Waals surface area contributed by atoms with Gasteiger partial charge in [-0.05, 0) is 18.6 Å². The number of hydrogen-bond donors (Lipinski definition) is 1. The zero-order valence-electron chi connectivity index (χ0n) is 10.3. The molecule has 0 aliphatic carbocycles. The zero-order chi connectivity index (χ0) is 13.0. The van der Waals surface area contributed by atoms with Crippen LogP contribution in [0.1, 0.15) is 21.0 Å². The number of nitrogens with zero attached hydrogens (tertiary/aromatic N) is 1. The molecular weight excluding hydrogens is 248 g/mol. The minimum Gasteiger partial charge on any atom is -0.380 e. The molecule has 1 amide bonds. The van der Waals surface area contributed by atoms with Gasteiger partial charge in [0, 0.05) is 20.2 Å². The van der Waals surface area contributed by atoms with Gasteiger partial charge in [-0.15, -0.1) is 11.3 Å². The Balaban J connectivity index is 2.03. The minimum absolute atomic E-state index is 0.0698. The molecule has 2 rings (SSSR count). The average Bonchev–Trinajstić information content (AvgIpc) is 3.04. The van der Waals surface area contributed by atoms with E-state index in [1.54, 1.807) is 7.11 Å². The molecule has 0 spiro atoms. The molecule has 1 aromatic rings. The van der Waals surface area contributed by atoms with Crippen molar-refractivity contribution in [1.82, 2.24) is 4.90 Å². The summed E-state index contributed by atoms with van der Waals surface area (Å²) in [5.41, 5.74) is 5.32. The molecule has 0 radical (unpaired) electrons. The summed E-state index contributed by atoms with van der Waals surface area (Å²) in [6, 6.07) is 3.69. The highest BCUT2D eigenvalue weighted by Gasteiger charge is 2.27. The first-order valence-corrected chi connectivity index (χ1v) is 6.67. The lowest BCUT2D eigenvalue weighted by Crippen LogP contribution is -2.29. The van der Waals surface area contributed by atoms with E-state index < -0.39 is 0 Å². The first-order chi connectivity index (χ1) is 8.74. The third-order valence-electron chi connectivity index (χ3n) is 2.90. The van der Waals surface area contributed by atoms with Crippen molar-refractivity contribution in [2.45, 2.75) is 12.5 Å². The van der Waals surface area contributed by atoms with Gasteiger partial charge in [-0.1, -0.05) is 11.8 Å². The van der Waals surface area contributed by atoms with Crippen molar-refractivity contribution in [1.29, 1.82) is 0 Å². The maximum absolute atomic E-state index is 12.2. The molecule has 1 aliphatic rings. The van der Waals surface area contributed by atoms with Crippen molar-refractivity contribution < 1.29 is 9.53 Å². The Morgan fingerprint density at radius 2 is 2.50 bits per heavy atom. The Bertz CT molecular complexity index is 487. The topological polar surface area (TPSA) is 55.6 Å². The molecule has 1 saturated heterocycles. The molecule has 1 unspecified atom stereocenters. The van der Waals surface area contributed by atoms with Crippen molar-refractivity contribution in [2.24, 2.45) is 5.73 Å². The molecule has 0 bridgehead atoms. The normalized spacial score (nSPS) is 18.6. The quantitative estimate of drug-likeness (QED) is 0.808. The number of rotatable bonds is 2. The molecule has 2 N–H and O–H groups in total. The van der Waals surface area contributed by atoms with E-state index in [1.165, 1.54) is 11.3 Å². The molecule has 2 heterocycles. The van der Waals surface area contributed by atoms with Crippen LogP contribution in [0.3, 0.4) is 0 Å². The smallest absolute Gasteiger partial charge is 0.264 e. The SMILES string of the molecule is COC1CCN(C(=O)c2ccc(C#CCN)s2)C1. The second-order valence-electron chi connectivity index (χ2n) is 4.07. The number of carbonyl (C=O) groups is 1. The van der Waals surface area contributed by atoms with Crippen LogP contribution in [0.15, 0.2) is 12.1 Å². The minimum atomic E-state index is 0.0698. The number of ether oxygens (including phenoxy) is 1. The predicted octanol–water partition coefficient (Wildman–Crippen LogP) is 0.919. The number of carbonyl (C=O) groups excluding carboxylic acids is 1. The molecule has 0 aromatic carbocycles. The number of hydrogen-bond acceptors (Lipinski definition) is 4. The first-order valence-electron chi connectivity index (χ1n) is 5.85. The Hall–Kier alpha value is -1.35. The lowest BCUT2D eigenvalue weighted by molar-refractivity contribution is 0.0728. The Morgan fingerprint density at radius 3 is 3.17 bits per heavy atom. The summed E-state index contributed by atoms with van der Waals surface area (Å²) in [6.45, 7) is 1.78. The number of nitrogens with two attached hydrogens (primary N) is 1. The largest absolute Gasteiger partial charge is 0.380 e. The highest BCUT2D eigenvalue weighted by molar-refractivity contribution is 7.14. The van der Waals surface area contributed by atoms with Gasteiger partial charge in [0.25, 0.3) is 5.91 Å². The lowest BCUT2D eigenvalue weighted by atomic mass is 10.3. The van der Waals surface area contributed by atoms with E-state index in [4.69, 9.17) is 10.5 Å². The predicted molar refractivity (Wildman–Crippen MR) is 71.6 cm³/mol. The fraction of sp³-hybridized carbons (Fsp3) is 0.462. The van der Waals surface area contributed by atoms with Crippen LogP contribution in [-0.4, -0.2) is 43.7 Å². The highest BCUT2D eigenvalue weighted by atomic mass is 32.1. The van der Waals surface area contributed by atoms with E-state index in [-0.39, 0.29) is 12.0 Å². The van der Waals surface area contributed by atoms with Crippen molar-refractivity contribution >= 4 is 17.2 Å². The maximum Gasteiger partial charge on any atom is 0.264 e. The zero-order valence-corrected chi connectivity index (χ0v) is 11.1. The van der Waals surface area contributed by atoms with Crippen molar-refractivity contribution in [3.63, 3.8) is 0 Å². The number of methoxy groups -OCH3 is 1. The van der Waals surface area contributed by atoms with Gasteiger partial charge in [-0.2, -0.15) is 0 Å². The number of amides is 1. The summed E-state index contributed by atoms with van der Waals surface area (Å²) in [5, 5.41) is 0. The van der Waals surface area contributed by atoms with Crippen molar-refractivity contribution in [2.75, 3.05) is 26.7 Å². The Labute approximate surface area is 111 Å². The third kappa shape index (κ3) is 2.91. The Kier molecular flexibility index (Phi) is 4.37. The van der Waals surface area contributed by atoms with E-state index in [9.17, 15) is 4.79 Å². The molecule has 1 atom stereocenters. The summed E-state index contributed by atoms with van der Waals surface area (Å²) in [7, 11) is 1.68. The van der Waals surface area contributed by atoms with E-state index in [0.717, 1.165) is 22.7 Å². The fourth-order valence-corrected chi connectivity index (χ4v) is 2.77. The number of likely N-dealkylation sites (tertiary alicyclic amines) is 1. The van der Waals surface area contributed by atoms with Crippen molar-refractivity contribution in [3.05, 3.63) is 21.9 Å². The average molecular weight is 264 g/mol. The van der Waals surface area contributed by atoms with Crippen LogP contribution in [-0.2, 0) is 4.74 Å². The van der Waals surface area contributed by atoms with E-state index in [1.807, 2.05) is 17.0 Å². The van der Waals surface area contributed by atoms with Crippen molar-refractivity contribution in [3.8, 4) is 11.8 Å². The lowest BCUT2D eigenvalue weighted by Gasteiger charge is -2.14. The van der Waals surface area contributed by atoms with Gasteiger partial charge in [0.05, 0.1) is 22.4 Å². The molecule has 1 aliphatic heterocycles. The van der Waals surface area contributed by atoms with Crippen LogP contribution in [0, 0.1) is 11.8 Å². The monoisotopic (exact) mass is 264 g/mol. The van der Waals surface area contributed by atoms with Gasteiger partial charge >= 0.3 is 0 Å². The summed E-state index contributed by atoms with van der Waals surface area (Å²) >= 11 is 1.42. The summed E-state index contributed by atoms with van der Waals surface area (Å²) in [4.78, 5) is 15.6. The van der Waals surface area contributed by atoms with Crippen LogP contribution in [0.2, 0.25) is 0 Å². The van der Waals surface area contributed by atoms with Crippen LogP contribution < -0.4 is 5.73 Å². The number of thiophene rings is 1. The van der Waals surface area contributed by atoms with Gasteiger partial charge in [0.2, 0.25) is 0 Å². The van der Waals surface area contributed by atoms with E-state index in [2.05, 4.69) is 11.8 Å². The highest BCUT2D eigenvalue weighted by Crippen LogP contribution is 2.21. The third-order valence-corrected chi connectivity index (χ3v) is 3.88. The standard InChI is InChI=1S/C13H16N2O2S/c1-17-10-6-8-15(9-10)13(16)12-5-4-11(18-12)3-2-7-14/h4-5,10H,6-9,14H2,1H3. The molecular formula is C13H16N2O2S. The molecule has 96 valence electrons. The second-order valence-corrected chi connectivity index (χ2v) is 5.15.